The Kier molecular flexibility index (Phi) is 8.19. The van der Waals surface area contributed by atoms with Crippen molar-refractivity contribution >= 4 is 43.1 Å². The lowest BCUT2D eigenvalue weighted by molar-refractivity contribution is 1.32. The first-order valence-electron chi connectivity index (χ1n) is 19.8. The van der Waals surface area contributed by atoms with Crippen LogP contribution in [0.15, 0.2) is 218 Å². The Hall–Kier alpha value is -7.68. The van der Waals surface area contributed by atoms with E-state index in [4.69, 9.17) is 9.97 Å². The van der Waals surface area contributed by atoms with E-state index >= 15 is 0 Å². The van der Waals surface area contributed by atoms with Crippen molar-refractivity contribution in [2.75, 3.05) is 0 Å². The standard InChI is InChI=1S/C56H36N2/c1-5-13-43-29-47(25-21-37(43)9-1)53-33-51(34-54(57-53)48-26-22-38-10-2-6-14-44(38)30-48)41-17-19-42(20-18-41)52-35-55(49-27-23-39-11-3-7-15-45(39)31-49)58-56(36-52)50-28-24-40-12-4-8-16-46(40)32-50/h1-36H. The Balaban J connectivity index is 1.03. The zero-order chi connectivity index (χ0) is 38.4. The van der Waals surface area contributed by atoms with E-state index in [1.165, 1.54) is 43.1 Å². The van der Waals surface area contributed by atoms with Crippen molar-refractivity contribution in [3.63, 3.8) is 0 Å². The van der Waals surface area contributed by atoms with E-state index in [1.54, 1.807) is 0 Å². The summed E-state index contributed by atoms with van der Waals surface area (Å²) in [7, 11) is 0. The number of benzene rings is 9. The van der Waals surface area contributed by atoms with E-state index in [0.29, 0.717) is 0 Å². The fraction of sp³-hybridized carbons (Fsp3) is 0. The molecule has 11 aromatic rings. The zero-order valence-corrected chi connectivity index (χ0v) is 31.7. The van der Waals surface area contributed by atoms with Crippen LogP contribution in [0.1, 0.15) is 0 Å². The van der Waals surface area contributed by atoms with Crippen LogP contribution < -0.4 is 0 Å². The molecule has 9 aromatic carbocycles. The van der Waals surface area contributed by atoms with Crippen LogP contribution in [0.25, 0.3) is 110 Å². The molecule has 58 heavy (non-hydrogen) atoms. The largest absolute Gasteiger partial charge is 0.248 e. The Labute approximate surface area is 337 Å². The van der Waals surface area contributed by atoms with Gasteiger partial charge in [-0.25, -0.2) is 9.97 Å². The predicted octanol–water partition coefficient (Wildman–Crippen LogP) is 15.1. The number of rotatable bonds is 6. The first-order chi connectivity index (χ1) is 28.7. The first kappa shape index (κ1) is 33.6. The third-order valence-corrected chi connectivity index (χ3v) is 11.4. The molecule has 0 saturated heterocycles. The second kappa shape index (κ2) is 14.1. The fourth-order valence-electron chi connectivity index (χ4n) is 8.24. The Bertz CT molecular complexity index is 2920. The summed E-state index contributed by atoms with van der Waals surface area (Å²) in [6.07, 6.45) is 0. The average Bonchev–Trinajstić information content (AvgIpc) is 3.30. The molecule has 270 valence electrons. The second-order valence-electron chi connectivity index (χ2n) is 15.1. The molecular weight excluding hydrogens is 701 g/mol. The van der Waals surface area contributed by atoms with Gasteiger partial charge in [0.2, 0.25) is 0 Å². The van der Waals surface area contributed by atoms with E-state index in [0.717, 1.165) is 67.3 Å². The smallest absolute Gasteiger partial charge is 0.0715 e. The molecule has 2 aromatic heterocycles. The molecule has 0 N–H and O–H groups in total. The summed E-state index contributed by atoms with van der Waals surface area (Å²) in [4.78, 5) is 10.6. The van der Waals surface area contributed by atoms with Gasteiger partial charge in [-0.05, 0) is 114 Å². The first-order valence-corrected chi connectivity index (χ1v) is 19.8. The summed E-state index contributed by atoms with van der Waals surface area (Å²) >= 11 is 0. The highest BCUT2D eigenvalue weighted by atomic mass is 14.7. The van der Waals surface area contributed by atoms with Crippen LogP contribution in [0, 0.1) is 0 Å². The normalized spacial score (nSPS) is 11.4. The zero-order valence-electron chi connectivity index (χ0n) is 31.7. The van der Waals surface area contributed by atoms with Crippen molar-refractivity contribution < 1.29 is 0 Å². The second-order valence-corrected chi connectivity index (χ2v) is 15.1. The van der Waals surface area contributed by atoms with Crippen LogP contribution >= 0.6 is 0 Å². The minimum absolute atomic E-state index is 0.949. The summed E-state index contributed by atoms with van der Waals surface area (Å²) in [5, 5.41) is 9.68. The highest BCUT2D eigenvalue weighted by Crippen LogP contribution is 2.36. The van der Waals surface area contributed by atoms with Crippen LogP contribution in [0.4, 0.5) is 0 Å². The van der Waals surface area contributed by atoms with Gasteiger partial charge in [-0.1, -0.05) is 170 Å². The molecule has 0 radical (unpaired) electrons. The topological polar surface area (TPSA) is 25.8 Å². The van der Waals surface area contributed by atoms with Crippen LogP contribution in [-0.2, 0) is 0 Å². The molecule has 0 aliphatic heterocycles. The molecule has 0 saturated carbocycles. The quantitative estimate of drug-likeness (QED) is 0.170. The lowest BCUT2D eigenvalue weighted by Crippen LogP contribution is -1.93. The van der Waals surface area contributed by atoms with Crippen molar-refractivity contribution in [2.24, 2.45) is 0 Å². The number of nitrogens with zero attached hydrogens (tertiary/aromatic N) is 2. The summed E-state index contributed by atoms with van der Waals surface area (Å²) in [6, 6.07) is 78.4. The van der Waals surface area contributed by atoms with Gasteiger partial charge in [0.25, 0.3) is 0 Å². The molecule has 2 heteroatoms. The molecule has 0 aliphatic carbocycles. The van der Waals surface area contributed by atoms with Crippen molar-refractivity contribution in [2.45, 2.75) is 0 Å². The lowest BCUT2D eigenvalue weighted by atomic mass is 9.95. The van der Waals surface area contributed by atoms with Gasteiger partial charge < -0.3 is 0 Å². The molecule has 0 aliphatic rings. The maximum Gasteiger partial charge on any atom is 0.0715 e. The third kappa shape index (κ3) is 6.37. The summed E-state index contributed by atoms with van der Waals surface area (Å²) in [5.74, 6) is 0. The molecule has 0 atom stereocenters. The monoisotopic (exact) mass is 736 g/mol. The minimum atomic E-state index is 0.949. The molecule has 0 bridgehead atoms. The van der Waals surface area contributed by atoms with Gasteiger partial charge in [-0.15, -0.1) is 0 Å². The number of aromatic nitrogens is 2. The molecule has 2 heterocycles. The molecule has 2 nitrogen and oxygen atoms in total. The Morgan fingerprint density at radius 3 is 0.655 bits per heavy atom. The number of hydrogen-bond acceptors (Lipinski definition) is 2. The van der Waals surface area contributed by atoms with Gasteiger partial charge in [0.1, 0.15) is 0 Å². The van der Waals surface area contributed by atoms with Gasteiger partial charge in [0.05, 0.1) is 22.8 Å². The van der Waals surface area contributed by atoms with E-state index in [2.05, 4.69) is 218 Å². The van der Waals surface area contributed by atoms with Gasteiger partial charge in [0, 0.05) is 22.3 Å². The highest BCUT2D eigenvalue weighted by molar-refractivity contribution is 5.92. The fourth-order valence-corrected chi connectivity index (χ4v) is 8.24. The molecule has 0 fully saturated rings. The molecule has 11 rings (SSSR count). The maximum atomic E-state index is 5.29. The van der Waals surface area contributed by atoms with E-state index < -0.39 is 0 Å². The van der Waals surface area contributed by atoms with Gasteiger partial charge in [-0.3, -0.25) is 0 Å². The van der Waals surface area contributed by atoms with Gasteiger partial charge >= 0.3 is 0 Å². The van der Waals surface area contributed by atoms with E-state index in [9.17, 15) is 0 Å². The third-order valence-electron chi connectivity index (χ3n) is 11.4. The summed E-state index contributed by atoms with van der Waals surface area (Å²) in [5.41, 5.74) is 12.7. The minimum Gasteiger partial charge on any atom is -0.248 e. The van der Waals surface area contributed by atoms with Gasteiger partial charge in [-0.2, -0.15) is 0 Å². The van der Waals surface area contributed by atoms with Crippen molar-refractivity contribution in [1.82, 2.24) is 9.97 Å². The van der Waals surface area contributed by atoms with Crippen molar-refractivity contribution in [3.05, 3.63) is 218 Å². The number of fused-ring (bicyclic) bond motifs is 4. The summed E-state index contributed by atoms with van der Waals surface area (Å²) < 4.78 is 0. The number of pyridine rings is 2. The molecular formula is C56H36N2. The maximum absolute atomic E-state index is 5.29. The molecule has 0 unspecified atom stereocenters. The molecule has 0 spiro atoms. The van der Waals surface area contributed by atoms with Crippen molar-refractivity contribution in [1.29, 1.82) is 0 Å². The Morgan fingerprint density at radius 1 is 0.172 bits per heavy atom. The van der Waals surface area contributed by atoms with Gasteiger partial charge in [0.15, 0.2) is 0 Å². The van der Waals surface area contributed by atoms with E-state index in [-0.39, 0.29) is 0 Å². The highest BCUT2D eigenvalue weighted by Gasteiger charge is 2.14. The van der Waals surface area contributed by atoms with Crippen LogP contribution in [0.5, 0.6) is 0 Å². The van der Waals surface area contributed by atoms with E-state index in [1.807, 2.05) is 0 Å². The lowest BCUT2D eigenvalue weighted by Gasteiger charge is -2.13. The SMILES string of the molecule is c1ccc2cc(-c3cc(-c4ccc(-c5cc(-c6ccc7ccccc7c6)nc(-c6ccc7ccccc7c6)c5)cc4)cc(-c4ccc5ccccc5c4)n3)ccc2c1. The predicted molar refractivity (Wildman–Crippen MR) is 245 cm³/mol. The molecule has 0 amide bonds. The van der Waals surface area contributed by atoms with Crippen LogP contribution in [0.3, 0.4) is 0 Å². The Morgan fingerprint density at radius 2 is 0.397 bits per heavy atom. The summed E-state index contributed by atoms with van der Waals surface area (Å²) in [6.45, 7) is 0. The van der Waals surface area contributed by atoms with Crippen LogP contribution in [-0.4, -0.2) is 9.97 Å². The van der Waals surface area contributed by atoms with Crippen molar-refractivity contribution in [3.8, 4) is 67.3 Å². The number of hydrogen-bond donors (Lipinski definition) is 0. The van der Waals surface area contributed by atoms with Crippen LogP contribution in [0.2, 0.25) is 0 Å². The average molecular weight is 737 g/mol.